The fourth-order valence-corrected chi connectivity index (χ4v) is 2.96. The van der Waals surface area contributed by atoms with Gasteiger partial charge in [0.2, 0.25) is 5.88 Å². The van der Waals surface area contributed by atoms with Crippen molar-refractivity contribution >= 4 is 0 Å². The number of rotatable bonds is 5. The van der Waals surface area contributed by atoms with Crippen LogP contribution in [0.4, 0.5) is 0 Å². The molecular formula is C17H21N3O. The third-order valence-electron chi connectivity index (χ3n) is 3.89. The van der Waals surface area contributed by atoms with Gasteiger partial charge in [-0.2, -0.15) is 0 Å². The van der Waals surface area contributed by atoms with E-state index in [0.29, 0.717) is 12.6 Å². The Balaban J connectivity index is 1.73. The SMILES string of the molecule is CCOc1cccc(CN2CCCC2c2ccncc2)n1. The number of likely N-dealkylation sites (tertiary alicyclic amines) is 1. The Bertz CT molecular complexity index is 573. The van der Waals surface area contributed by atoms with Gasteiger partial charge < -0.3 is 4.74 Å². The molecule has 2 aromatic rings. The van der Waals surface area contributed by atoms with Crippen LogP contribution in [0.1, 0.15) is 37.1 Å². The molecule has 4 nitrogen and oxygen atoms in total. The number of hydrogen-bond acceptors (Lipinski definition) is 4. The third kappa shape index (κ3) is 3.39. The molecule has 3 heterocycles. The first-order valence-electron chi connectivity index (χ1n) is 7.59. The van der Waals surface area contributed by atoms with E-state index in [1.807, 2.05) is 31.5 Å². The lowest BCUT2D eigenvalue weighted by molar-refractivity contribution is 0.243. The zero-order valence-corrected chi connectivity index (χ0v) is 12.4. The third-order valence-corrected chi connectivity index (χ3v) is 3.89. The van der Waals surface area contributed by atoms with Crippen LogP contribution < -0.4 is 4.74 Å². The van der Waals surface area contributed by atoms with Crippen molar-refractivity contribution in [1.82, 2.24) is 14.9 Å². The molecule has 110 valence electrons. The lowest BCUT2D eigenvalue weighted by atomic mass is 10.1. The number of hydrogen-bond donors (Lipinski definition) is 0. The topological polar surface area (TPSA) is 38.2 Å². The molecular weight excluding hydrogens is 262 g/mol. The van der Waals surface area contributed by atoms with Crippen molar-refractivity contribution in [3.63, 3.8) is 0 Å². The number of pyridine rings is 2. The summed E-state index contributed by atoms with van der Waals surface area (Å²) in [6, 6.07) is 10.7. The van der Waals surface area contributed by atoms with E-state index in [2.05, 4.69) is 33.1 Å². The molecule has 0 saturated carbocycles. The minimum atomic E-state index is 0.477. The summed E-state index contributed by atoms with van der Waals surface area (Å²) in [5, 5.41) is 0. The maximum atomic E-state index is 5.48. The Morgan fingerprint density at radius 2 is 2.10 bits per heavy atom. The molecule has 1 saturated heterocycles. The average Bonchev–Trinajstić information content (AvgIpc) is 2.97. The Hall–Kier alpha value is -1.94. The van der Waals surface area contributed by atoms with E-state index in [4.69, 9.17) is 4.74 Å². The standard InChI is InChI=1S/C17H21N3O/c1-2-21-17-7-3-5-15(19-17)13-20-12-4-6-16(20)14-8-10-18-11-9-14/h3,5,7-11,16H,2,4,6,12-13H2,1H3. The van der Waals surface area contributed by atoms with Crippen molar-refractivity contribution in [3.8, 4) is 5.88 Å². The second kappa shape index (κ2) is 6.68. The van der Waals surface area contributed by atoms with E-state index in [-0.39, 0.29) is 0 Å². The molecule has 21 heavy (non-hydrogen) atoms. The van der Waals surface area contributed by atoms with Gasteiger partial charge in [-0.3, -0.25) is 9.88 Å². The zero-order chi connectivity index (χ0) is 14.5. The molecule has 0 spiro atoms. The van der Waals surface area contributed by atoms with Crippen LogP contribution in [0.3, 0.4) is 0 Å². The predicted octanol–water partition coefficient (Wildman–Crippen LogP) is 3.21. The van der Waals surface area contributed by atoms with Crippen LogP contribution in [0, 0.1) is 0 Å². The Morgan fingerprint density at radius 3 is 2.90 bits per heavy atom. The first kappa shape index (κ1) is 14.0. The van der Waals surface area contributed by atoms with Crippen molar-refractivity contribution in [3.05, 3.63) is 54.0 Å². The van der Waals surface area contributed by atoms with Gasteiger partial charge in [0.25, 0.3) is 0 Å². The van der Waals surface area contributed by atoms with Gasteiger partial charge in [-0.25, -0.2) is 4.98 Å². The zero-order valence-electron chi connectivity index (χ0n) is 12.4. The second-order valence-corrected chi connectivity index (χ2v) is 5.31. The van der Waals surface area contributed by atoms with E-state index in [1.165, 1.54) is 18.4 Å². The smallest absolute Gasteiger partial charge is 0.213 e. The van der Waals surface area contributed by atoms with E-state index in [9.17, 15) is 0 Å². The van der Waals surface area contributed by atoms with Gasteiger partial charge in [0.05, 0.1) is 12.3 Å². The van der Waals surface area contributed by atoms with Gasteiger partial charge >= 0.3 is 0 Å². The molecule has 0 aromatic carbocycles. The van der Waals surface area contributed by atoms with Gasteiger partial charge in [-0.15, -0.1) is 0 Å². The van der Waals surface area contributed by atoms with Crippen molar-refractivity contribution < 1.29 is 4.74 Å². The molecule has 1 atom stereocenters. The van der Waals surface area contributed by atoms with Crippen LogP contribution in [0.5, 0.6) is 5.88 Å². The Labute approximate surface area is 125 Å². The molecule has 0 aliphatic carbocycles. The molecule has 3 rings (SSSR count). The monoisotopic (exact) mass is 283 g/mol. The highest BCUT2D eigenvalue weighted by molar-refractivity contribution is 5.19. The summed E-state index contributed by atoms with van der Waals surface area (Å²) in [7, 11) is 0. The van der Waals surface area contributed by atoms with Crippen molar-refractivity contribution in [2.24, 2.45) is 0 Å². The van der Waals surface area contributed by atoms with E-state index in [0.717, 1.165) is 24.7 Å². The second-order valence-electron chi connectivity index (χ2n) is 5.31. The summed E-state index contributed by atoms with van der Waals surface area (Å²) in [6.45, 7) is 4.62. The predicted molar refractivity (Wildman–Crippen MR) is 82.0 cm³/mol. The largest absolute Gasteiger partial charge is 0.478 e. The maximum Gasteiger partial charge on any atom is 0.213 e. The van der Waals surface area contributed by atoms with Crippen LogP contribution in [0.25, 0.3) is 0 Å². The molecule has 2 aromatic heterocycles. The summed E-state index contributed by atoms with van der Waals surface area (Å²) in [4.78, 5) is 11.2. The van der Waals surface area contributed by atoms with Crippen LogP contribution in [0.2, 0.25) is 0 Å². The van der Waals surface area contributed by atoms with Crippen molar-refractivity contribution in [2.75, 3.05) is 13.2 Å². The minimum Gasteiger partial charge on any atom is -0.478 e. The molecule has 0 bridgehead atoms. The molecule has 4 heteroatoms. The van der Waals surface area contributed by atoms with E-state index in [1.54, 1.807) is 0 Å². The average molecular weight is 283 g/mol. The van der Waals surface area contributed by atoms with Crippen LogP contribution >= 0.6 is 0 Å². The Morgan fingerprint density at radius 1 is 1.24 bits per heavy atom. The highest BCUT2D eigenvalue weighted by Crippen LogP contribution is 2.32. The lowest BCUT2D eigenvalue weighted by Gasteiger charge is -2.24. The lowest BCUT2D eigenvalue weighted by Crippen LogP contribution is -2.23. The molecule has 0 N–H and O–H groups in total. The van der Waals surface area contributed by atoms with Gasteiger partial charge in [0, 0.05) is 31.0 Å². The van der Waals surface area contributed by atoms with Crippen molar-refractivity contribution in [2.45, 2.75) is 32.4 Å². The summed E-state index contributed by atoms with van der Waals surface area (Å²) in [5.41, 5.74) is 2.42. The van der Waals surface area contributed by atoms with Crippen LogP contribution in [0.15, 0.2) is 42.7 Å². The Kier molecular flexibility index (Phi) is 4.46. The molecule has 1 aliphatic rings. The molecule has 1 fully saturated rings. The number of aromatic nitrogens is 2. The van der Waals surface area contributed by atoms with Crippen LogP contribution in [-0.2, 0) is 6.54 Å². The fourth-order valence-electron chi connectivity index (χ4n) is 2.96. The first-order chi connectivity index (χ1) is 10.4. The maximum absolute atomic E-state index is 5.48. The summed E-state index contributed by atoms with van der Waals surface area (Å²) < 4.78 is 5.48. The van der Waals surface area contributed by atoms with Gasteiger partial charge in [0.1, 0.15) is 0 Å². The van der Waals surface area contributed by atoms with Gasteiger partial charge in [-0.1, -0.05) is 6.07 Å². The highest BCUT2D eigenvalue weighted by Gasteiger charge is 2.26. The quantitative estimate of drug-likeness (QED) is 0.844. The molecule has 1 aliphatic heterocycles. The molecule has 0 amide bonds. The normalized spacial score (nSPS) is 18.8. The summed E-state index contributed by atoms with van der Waals surface area (Å²) >= 11 is 0. The minimum absolute atomic E-state index is 0.477. The highest BCUT2D eigenvalue weighted by atomic mass is 16.5. The number of nitrogens with zero attached hydrogens (tertiary/aromatic N) is 3. The number of ether oxygens (including phenoxy) is 1. The van der Waals surface area contributed by atoms with Crippen molar-refractivity contribution in [1.29, 1.82) is 0 Å². The fraction of sp³-hybridized carbons (Fsp3) is 0.412. The van der Waals surface area contributed by atoms with E-state index >= 15 is 0 Å². The first-order valence-corrected chi connectivity index (χ1v) is 7.59. The van der Waals surface area contributed by atoms with E-state index < -0.39 is 0 Å². The summed E-state index contributed by atoms with van der Waals surface area (Å²) in [6.07, 6.45) is 6.19. The van der Waals surface area contributed by atoms with Crippen LogP contribution in [-0.4, -0.2) is 28.0 Å². The molecule has 0 radical (unpaired) electrons. The van der Waals surface area contributed by atoms with Gasteiger partial charge in [-0.05, 0) is 50.1 Å². The van der Waals surface area contributed by atoms with Gasteiger partial charge in [0.15, 0.2) is 0 Å². The molecule has 1 unspecified atom stereocenters. The summed E-state index contributed by atoms with van der Waals surface area (Å²) in [5.74, 6) is 0.717.